The number of rotatable bonds is 9. The van der Waals surface area contributed by atoms with Gasteiger partial charge in [0.15, 0.2) is 0 Å². The molecule has 0 unspecified atom stereocenters. The minimum atomic E-state index is 0.746. The first kappa shape index (κ1) is 13.5. The number of aliphatic imine (C=N–C) groups is 1. The van der Waals surface area contributed by atoms with Gasteiger partial charge in [-0.3, -0.25) is 9.83 Å². The lowest BCUT2D eigenvalue weighted by atomic mass is 10.1. The molecule has 0 spiro atoms. The number of hydrogen-bond donors (Lipinski definition) is 0. The summed E-state index contributed by atoms with van der Waals surface area (Å²) < 4.78 is 0. The Bertz CT molecular complexity index is 204. The summed E-state index contributed by atoms with van der Waals surface area (Å²) in [5, 5.41) is 1.98. The first-order valence-corrected chi connectivity index (χ1v) is 6.82. The van der Waals surface area contributed by atoms with Crippen LogP contribution in [0.4, 0.5) is 0 Å². The molecule has 16 heavy (non-hydrogen) atoms. The van der Waals surface area contributed by atoms with E-state index in [1.807, 2.05) is 12.0 Å². The van der Waals surface area contributed by atoms with Gasteiger partial charge in [-0.25, -0.2) is 5.06 Å². The Morgan fingerprint density at radius 3 is 2.62 bits per heavy atom. The van der Waals surface area contributed by atoms with Crippen LogP contribution in [0.15, 0.2) is 4.99 Å². The van der Waals surface area contributed by atoms with Crippen molar-refractivity contribution in [2.75, 3.05) is 19.7 Å². The van der Waals surface area contributed by atoms with Gasteiger partial charge in [-0.2, -0.15) is 0 Å². The van der Waals surface area contributed by atoms with E-state index in [1.54, 1.807) is 0 Å². The number of hydroxylamine groups is 2. The Hall–Kier alpha value is -0.570. The van der Waals surface area contributed by atoms with Gasteiger partial charge in [0, 0.05) is 6.42 Å². The monoisotopic (exact) mass is 226 g/mol. The number of nitrogens with zero attached hydrogens (tertiary/aromatic N) is 2. The molecule has 0 amide bonds. The molecule has 1 heterocycles. The second-order valence-electron chi connectivity index (χ2n) is 4.34. The molecule has 1 aliphatic rings. The maximum absolute atomic E-state index is 5.51. The predicted octanol–water partition coefficient (Wildman–Crippen LogP) is 3.40. The van der Waals surface area contributed by atoms with Crippen molar-refractivity contribution < 1.29 is 4.84 Å². The Morgan fingerprint density at radius 2 is 1.88 bits per heavy atom. The largest absolute Gasteiger partial charge is 0.273 e. The molecule has 0 saturated heterocycles. The Kier molecular flexibility index (Phi) is 7.23. The number of unbranched alkanes of at least 4 members (excludes halogenated alkanes) is 5. The fraction of sp³-hybridized carbons (Fsp3) is 0.923. The van der Waals surface area contributed by atoms with Crippen molar-refractivity contribution in [3.63, 3.8) is 0 Å². The maximum Gasteiger partial charge on any atom is 0.123 e. The van der Waals surface area contributed by atoms with Crippen molar-refractivity contribution in [3.8, 4) is 0 Å². The van der Waals surface area contributed by atoms with Crippen LogP contribution in [-0.4, -0.2) is 30.6 Å². The molecule has 1 aliphatic heterocycles. The molecule has 0 aromatic heterocycles. The third-order valence-electron chi connectivity index (χ3n) is 2.92. The normalized spacial score (nSPS) is 15.6. The van der Waals surface area contributed by atoms with Gasteiger partial charge < -0.3 is 0 Å². The third-order valence-corrected chi connectivity index (χ3v) is 2.92. The molecule has 0 radical (unpaired) electrons. The highest BCUT2D eigenvalue weighted by molar-refractivity contribution is 5.82. The molecule has 0 aromatic rings. The zero-order valence-electron chi connectivity index (χ0n) is 10.9. The van der Waals surface area contributed by atoms with Gasteiger partial charge >= 0.3 is 0 Å². The van der Waals surface area contributed by atoms with Gasteiger partial charge in [0.25, 0.3) is 0 Å². The van der Waals surface area contributed by atoms with E-state index in [0.29, 0.717) is 0 Å². The molecule has 0 fully saturated rings. The molecule has 0 aliphatic carbocycles. The second kappa shape index (κ2) is 8.57. The summed E-state index contributed by atoms with van der Waals surface area (Å²) in [5.74, 6) is 1.16. The van der Waals surface area contributed by atoms with Gasteiger partial charge in [0.2, 0.25) is 0 Å². The van der Waals surface area contributed by atoms with E-state index >= 15 is 0 Å². The molecule has 94 valence electrons. The van der Waals surface area contributed by atoms with E-state index in [4.69, 9.17) is 4.84 Å². The number of amidine groups is 1. The van der Waals surface area contributed by atoms with Crippen LogP contribution < -0.4 is 0 Å². The summed E-state index contributed by atoms with van der Waals surface area (Å²) in [4.78, 5) is 10.0. The Labute approximate surface area is 99.8 Å². The summed E-state index contributed by atoms with van der Waals surface area (Å²) >= 11 is 0. The Morgan fingerprint density at radius 1 is 1.12 bits per heavy atom. The van der Waals surface area contributed by atoms with Crippen LogP contribution in [0.3, 0.4) is 0 Å². The van der Waals surface area contributed by atoms with Crippen LogP contribution in [0.25, 0.3) is 0 Å². The van der Waals surface area contributed by atoms with Crippen LogP contribution in [0.1, 0.15) is 58.8 Å². The quantitative estimate of drug-likeness (QED) is 0.563. The SMILES string of the molecule is CCCCCCCCC1=NCCN1OCC. The highest BCUT2D eigenvalue weighted by Gasteiger charge is 2.16. The van der Waals surface area contributed by atoms with Crippen molar-refractivity contribution in [1.29, 1.82) is 0 Å². The average Bonchev–Trinajstić information content (AvgIpc) is 2.72. The van der Waals surface area contributed by atoms with Crippen LogP contribution in [0, 0.1) is 0 Å². The van der Waals surface area contributed by atoms with E-state index in [-0.39, 0.29) is 0 Å². The van der Waals surface area contributed by atoms with Crippen LogP contribution >= 0.6 is 0 Å². The lowest BCUT2D eigenvalue weighted by Crippen LogP contribution is -2.27. The smallest absolute Gasteiger partial charge is 0.123 e. The highest BCUT2D eigenvalue weighted by atomic mass is 16.7. The van der Waals surface area contributed by atoms with E-state index in [2.05, 4.69) is 11.9 Å². The van der Waals surface area contributed by atoms with Gasteiger partial charge in [-0.15, -0.1) is 0 Å². The van der Waals surface area contributed by atoms with E-state index in [9.17, 15) is 0 Å². The first-order chi connectivity index (χ1) is 7.88. The second-order valence-corrected chi connectivity index (χ2v) is 4.34. The molecule has 0 bridgehead atoms. The molecule has 3 nitrogen and oxygen atoms in total. The molecular weight excluding hydrogens is 200 g/mol. The average molecular weight is 226 g/mol. The number of hydrogen-bond acceptors (Lipinski definition) is 3. The Balaban J connectivity index is 2.03. The van der Waals surface area contributed by atoms with Crippen molar-refractivity contribution in [1.82, 2.24) is 5.06 Å². The highest BCUT2D eigenvalue weighted by Crippen LogP contribution is 2.12. The van der Waals surface area contributed by atoms with Crippen molar-refractivity contribution in [3.05, 3.63) is 0 Å². The van der Waals surface area contributed by atoms with Crippen molar-refractivity contribution >= 4 is 5.84 Å². The molecule has 0 atom stereocenters. The summed E-state index contributed by atoms with van der Waals surface area (Å²) in [6.45, 7) is 6.88. The summed E-state index contributed by atoms with van der Waals surface area (Å²) in [7, 11) is 0. The maximum atomic E-state index is 5.51. The molecule has 0 aromatic carbocycles. The summed E-state index contributed by atoms with van der Waals surface area (Å²) in [5.41, 5.74) is 0. The zero-order valence-corrected chi connectivity index (χ0v) is 10.9. The molecule has 3 heteroatoms. The van der Waals surface area contributed by atoms with Crippen LogP contribution in [0.2, 0.25) is 0 Å². The predicted molar refractivity (Wildman–Crippen MR) is 68.6 cm³/mol. The molecule has 0 N–H and O–H groups in total. The van der Waals surface area contributed by atoms with Crippen molar-refractivity contribution in [2.45, 2.75) is 58.8 Å². The van der Waals surface area contributed by atoms with Crippen LogP contribution in [-0.2, 0) is 4.84 Å². The summed E-state index contributed by atoms with van der Waals surface area (Å²) in [6.07, 6.45) is 9.14. The summed E-state index contributed by atoms with van der Waals surface area (Å²) in [6, 6.07) is 0. The minimum absolute atomic E-state index is 0.746. The van der Waals surface area contributed by atoms with Gasteiger partial charge in [-0.05, 0) is 13.3 Å². The topological polar surface area (TPSA) is 24.8 Å². The van der Waals surface area contributed by atoms with Gasteiger partial charge in [0.1, 0.15) is 5.84 Å². The van der Waals surface area contributed by atoms with E-state index in [0.717, 1.165) is 32.0 Å². The molecular formula is C13H26N2O. The van der Waals surface area contributed by atoms with Crippen LogP contribution in [0.5, 0.6) is 0 Å². The minimum Gasteiger partial charge on any atom is -0.273 e. The van der Waals surface area contributed by atoms with E-state index in [1.165, 1.54) is 38.5 Å². The third kappa shape index (κ3) is 4.97. The standard InChI is InChI=1S/C13H26N2O/c1-3-5-6-7-8-9-10-13-14-11-12-15(13)16-4-2/h3-12H2,1-2H3. The zero-order chi connectivity index (χ0) is 11.6. The molecule has 1 rings (SSSR count). The fourth-order valence-electron chi connectivity index (χ4n) is 2.04. The first-order valence-electron chi connectivity index (χ1n) is 6.82. The van der Waals surface area contributed by atoms with E-state index < -0.39 is 0 Å². The molecule has 0 saturated carbocycles. The lowest BCUT2D eigenvalue weighted by Gasteiger charge is -2.18. The van der Waals surface area contributed by atoms with Crippen molar-refractivity contribution in [2.24, 2.45) is 4.99 Å². The van der Waals surface area contributed by atoms with Gasteiger partial charge in [-0.1, -0.05) is 39.0 Å². The van der Waals surface area contributed by atoms with Gasteiger partial charge in [0.05, 0.1) is 19.7 Å². The lowest BCUT2D eigenvalue weighted by molar-refractivity contribution is -0.0864. The fourth-order valence-corrected chi connectivity index (χ4v) is 2.04.